The summed E-state index contributed by atoms with van der Waals surface area (Å²) in [4.78, 5) is 21.9. The zero-order chi connectivity index (χ0) is 11.7. The summed E-state index contributed by atoms with van der Waals surface area (Å²) in [6.45, 7) is 0.0466. The van der Waals surface area contributed by atoms with Crippen LogP contribution >= 0.6 is 0 Å². The lowest BCUT2D eigenvalue weighted by atomic mass is 10.0. The van der Waals surface area contributed by atoms with Crippen LogP contribution in [0.3, 0.4) is 0 Å². The molecule has 4 nitrogen and oxygen atoms in total. The van der Waals surface area contributed by atoms with E-state index in [-0.39, 0.29) is 12.1 Å². The van der Waals surface area contributed by atoms with Crippen LogP contribution in [0, 0.1) is 11.6 Å². The van der Waals surface area contributed by atoms with Crippen molar-refractivity contribution >= 4 is 11.8 Å². The highest BCUT2D eigenvalue weighted by Gasteiger charge is 2.27. The van der Waals surface area contributed by atoms with Crippen LogP contribution in [0.1, 0.15) is 11.6 Å². The third kappa shape index (κ3) is 1.86. The predicted octanol–water partition coefficient (Wildman–Crippen LogP) is 0.252. The maximum Gasteiger partial charge on any atom is 0.309 e. The molecule has 1 aromatic carbocycles. The lowest BCUT2D eigenvalue weighted by Gasteiger charge is -2.24. The van der Waals surface area contributed by atoms with Gasteiger partial charge < -0.3 is 10.6 Å². The van der Waals surface area contributed by atoms with Gasteiger partial charge in [-0.25, -0.2) is 8.78 Å². The third-order valence-electron chi connectivity index (χ3n) is 2.31. The molecular weight excluding hydrogens is 218 g/mol. The molecule has 0 radical (unpaired) electrons. The summed E-state index contributed by atoms with van der Waals surface area (Å²) in [5.74, 6) is -2.83. The van der Waals surface area contributed by atoms with Crippen LogP contribution in [0.2, 0.25) is 0 Å². The molecular formula is C10H8F2N2O2. The van der Waals surface area contributed by atoms with Crippen LogP contribution < -0.4 is 10.6 Å². The fourth-order valence-electron chi connectivity index (χ4n) is 1.52. The van der Waals surface area contributed by atoms with Gasteiger partial charge in [-0.3, -0.25) is 9.59 Å². The molecule has 2 rings (SSSR count). The highest BCUT2D eigenvalue weighted by Crippen LogP contribution is 2.19. The summed E-state index contributed by atoms with van der Waals surface area (Å²) in [6, 6.07) is 2.23. The van der Waals surface area contributed by atoms with Gasteiger partial charge in [-0.1, -0.05) is 0 Å². The number of carbonyl (C=O) groups is 2. The number of hydrogen-bond donors (Lipinski definition) is 2. The quantitative estimate of drug-likeness (QED) is 0.674. The minimum atomic E-state index is -0.847. The van der Waals surface area contributed by atoms with Crippen molar-refractivity contribution in [3.05, 3.63) is 35.4 Å². The molecule has 84 valence electrons. The molecule has 2 N–H and O–H groups in total. The fourth-order valence-corrected chi connectivity index (χ4v) is 1.52. The number of halogens is 2. The Morgan fingerprint density at radius 3 is 2.62 bits per heavy atom. The molecule has 1 atom stereocenters. The van der Waals surface area contributed by atoms with E-state index in [1.807, 2.05) is 0 Å². The Morgan fingerprint density at radius 2 is 1.94 bits per heavy atom. The average molecular weight is 226 g/mol. The Kier molecular flexibility index (Phi) is 2.55. The van der Waals surface area contributed by atoms with E-state index in [2.05, 4.69) is 10.6 Å². The van der Waals surface area contributed by atoms with Gasteiger partial charge >= 0.3 is 11.8 Å². The second kappa shape index (κ2) is 3.88. The number of hydrogen-bond acceptors (Lipinski definition) is 2. The normalized spacial score (nSPS) is 20.2. The van der Waals surface area contributed by atoms with Crippen LogP contribution in [0.4, 0.5) is 8.78 Å². The molecule has 1 fully saturated rings. The van der Waals surface area contributed by atoms with E-state index in [1.54, 1.807) is 0 Å². The molecule has 1 heterocycles. The molecule has 0 spiro atoms. The smallest absolute Gasteiger partial charge is 0.309 e. The second-order valence-electron chi connectivity index (χ2n) is 3.40. The Morgan fingerprint density at radius 1 is 1.19 bits per heavy atom. The van der Waals surface area contributed by atoms with E-state index in [0.29, 0.717) is 0 Å². The van der Waals surface area contributed by atoms with E-state index in [0.717, 1.165) is 18.2 Å². The van der Waals surface area contributed by atoms with E-state index >= 15 is 0 Å². The summed E-state index contributed by atoms with van der Waals surface area (Å²) < 4.78 is 26.3. The first-order valence-corrected chi connectivity index (χ1v) is 4.61. The van der Waals surface area contributed by atoms with E-state index in [9.17, 15) is 18.4 Å². The van der Waals surface area contributed by atoms with Crippen molar-refractivity contribution in [2.24, 2.45) is 0 Å². The Labute approximate surface area is 89.6 Å². The summed E-state index contributed by atoms with van der Waals surface area (Å²) in [5, 5.41) is 4.58. The van der Waals surface area contributed by atoms with Gasteiger partial charge in [-0.15, -0.1) is 0 Å². The first kappa shape index (κ1) is 10.5. The molecule has 16 heavy (non-hydrogen) atoms. The molecule has 0 aliphatic carbocycles. The van der Waals surface area contributed by atoms with Gasteiger partial charge in [0.2, 0.25) is 0 Å². The summed E-state index contributed by atoms with van der Waals surface area (Å²) in [7, 11) is 0. The molecule has 1 saturated heterocycles. The topological polar surface area (TPSA) is 58.2 Å². The van der Waals surface area contributed by atoms with Crippen molar-refractivity contribution in [2.45, 2.75) is 6.04 Å². The molecule has 1 aliphatic rings. The Bertz CT molecular complexity index is 462. The van der Waals surface area contributed by atoms with Gasteiger partial charge in [-0.2, -0.15) is 0 Å². The SMILES string of the molecule is O=C1NCC(c2cc(F)ccc2F)NC1=O. The Balaban J connectivity index is 2.28. The molecule has 0 saturated carbocycles. The highest BCUT2D eigenvalue weighted by molar-refractivity contribution is 6.35. The zero-order valence-corrected chi connectivity index (χ0v) is 8.09. The number of amides is 2. The van der Waals surface area contributed by atoms with Crippen molar-refractivity contribution in [3.63, 3.8) is 0 Å². The largest absolute Gasteiger partial charge is 0.345 e. The lowest BCUT2D eigenvalue weighted by Crippen LogP contribution is -2.51. The fraction of sp³-hybridized carbons (Fsp3) is 0.200. The molecule has 1 unspecified atom stereocenters. The highest BCUT2D eigenvalue weighted by atomic mass is 19.1. The van der Waals surface area contributed by atoms with Crippen LogP contribution in [-0.2, 0) is 9.59 Å². The lowest BCUT2D eigenvalue weighted by molar-refractivity contribution is -0.141. The Hall–Kier alpha value is -1.98. The van der Waals surface area contributed by atoms with Crippen LogP contribution in [0.15, 0.2) is 18.2 Å². The van der Waals surface area contributed by atoms with Gasteiger partial charge in [0.15, 0.2) is 0 Å². The molecule has 0 aromatic heterocycles. The first-order chi connectivity index (χ1) is 7.58. The van der Waals surface area contributed by atoms with Crippen molar-refractivity contribution < 1.29 is 18.4 Å². The average Bonchev–Trinajstić information content (AvgIpc) is 2.26. The maximum absolute atomic E-state index is 13.3. The van der Waals surface area contributed by atoms with Gasteiger partial charge in [0.05, 0.1) is 6.04 Å². The van der Waals surface area contributed by atoms with Crippen molar-refractivity contribution in [1.82, 2.24) is 10.6 Å². The standard InChI is InChI=1S/C10H8F2N2O2/c11-5-1-2-7(12)6(3-5)8-4-13-9(15)10(16)14-8/h1-3,8H,4H2,(H,13,15)(H,14,16). The van der Waals surface area contributed by atoms with Crippen LogP contribution in [-0.4, -0.2) is 18.4 Å². The third-order valence-corrected chi connectivity index (χ3v) is 2.31. The van der Waals surface area contributed by atoms with Crippen molar-refractivity contribution in [2.75, 3.05) is 6.54 Å². The first-order valence-electron chi connectivity index (χ1n) is 4.61. The van der Waals surface area contributed by atoms with Gasteiger partial charge in [0.25, 0.3) is 0 Å². The summed E-state index contributed by atoms with van der Waals surface area (Å²) >= 11 is 0. The molecule has 2 amide bonds. The monoisotopic (exact) mass is 226 g/mol. The summed E-state index contributed by atoms with van der Waals surface area (Å²) in [6.07, 6.45) is 0. The number of rotatable bonds is 1. The molecule has 6 heteroatoms. The molecule has 0 bridgehead atoms. The molecule has 1 aliphatic heterocycles. The van der Waals surface area contributed by atoms with E-state index in [1.165, 1.54) is 0 Å². The summed E-state index contributed by atoms with van der Waals surface area (Å²) in [5.41, 5.74) is 0.0216. The number of piperazine rings is 1. The number of nitrogens with one attached hydrogen (secondary N) is 2. The maximum atomic E-state index is 13.3. The van der Waals surface area contributed by atoms with E-state index in [4.69, 9.17) is 0 Å². The number of benzene rings is 1. The predicted molar refractivity (Wildman–Crippen MR) is 50.3 cm³/mol. The minimum absolute atomic E-state index is 0.0216. The van der Waals surface area contributed by atoms with Crippen molar-refractivity contribution in [3.8, 4) is 0 Å². The second-order valence-corrected chi connectivity index (χ2v) is 3.40. The van der Waals surface area contributed by atoms with Gasteiger partial charge in [-0.05, 0) is 18.2 Å². The number of carbonyl (C=O) groups excluding carboxylic acids is 2. The van der Waals surface area contributed by atoms with Gasteiger partial charge in [0, 0.05) is 12.1 Å². The van der Waals surface area contributed by atoms with Crippen molar-refractivity contribution in [1.29, 1.82) is 0 Å². The zero-order valence-electron chi connectivity index (χ0n) is 8.09. The molecule has 1 aromatic rings. The van der Waals surface area contributed by atoms with Crippen LogP contribution in [0.5, 0.6) is 0 Å². The van der Waals surface area contributed by atoms with Crippen LogP contribution in [0.25, 0.3) is 0 Å². The minimum Gasteiger partial charge on any atom is -0.345 e. The van der Waals surface area contributed by atoms with E-state index < -0.39 is 29.5 Å². The van der Waals surface area contributed by atoms with Gasteiger partial charge in [0.1, 0.15) is 11.6 Å².